The van der Waals surface area contributed by atoms with E-state index in [1.54, 1.807) is 0 Å². The molecule has 1 aliphatic heterocycles. The van der Waals surface area contributed by atoms with Crippen LogP contribution in [0.4, 0.5) is 0 Å². The van der Waals surface area contributed by atoms with Gasteiger partial charge in [0.1, 0.15) is 11.3 Å². The third kappa shape index (κ3) is 1.70. The molecule has 3 nitrogen and oxygen atoms in total. The zero-order chi connectivity index (χ0) is 12.7. The quantitative estimate of drug-likeness (QED) is 0.813. The molecule has 1 N–H and O–H groups in total. The molecular formula is C15H16O3. The lowest BCUT2D eigenvalue weighted by molar-refractivity contribution is -0.142. The molecule has 0 aromatic heterocycles. The van der Waals surface area contributed by atoms with E-state index >= 15 is 0 Å². The van der Waals surface area contributed by atoms with Crippen LogP contribution in [0.5, 0.6) is 0 Å². The fourth-order valence-electron chi connectivity index (χ4n) is 2.52. The molecule has 1 aromatic carbocycles. The highest BCUT2D eigenvalue weighted by Gasteiger charge is 2.41. The summed E-state index contributed by atoms with van der Waals surface area (Å²) in [5.74, 6) is 0.0266. The molecule has 1 aromatic rings. The van der Waals surface area contributed by atoms with Crippen LogP contribution in [0, 0.1) is 12.8 Å². The van der Waals surface area contributed by atoms with Gasteiger partial charge in [-0.25, -0.2) is 4.79 Å². The number of ether oxygens (including phenoxy) is 1. The van der Waals surface area contributed by atoms with Crippen LogP contribution >= 0.6 is 0 Å². The minimum absolute atomic E-state index is 0.119. The fourth-order valence-corrected chi connectivity index (χ4v) is 2.52. The van der Waals surface area contributed by atoms with E-state index in [0.717, 1.165) is 30.4 Å². The molecule has 2 aliphatic rings. The molecule has 1 fully saturated rings. The number of aliphatic hydroxyl groups is 1. The van der Waals surface area contributed by atoms with Crippen molar-refractivity contribution < 1.29 is 14.6 Å². The van der Waals surface area contributed by atoms with Crippen molar-refractivity contribution in [1.82, 2.24) is 0 Å². The molecule has 0 radical (unpaired) electrons. The first-order valence-electron chi connectivity index (χ1n) is 6.38. The number of benzene rings is 1. The highest BCUT2D eigenvalue weighted by molar-refractivity contribution is 6.19. The second-order valence-corrected chi connectivity index (χ2v) is 5.14. The largest absolute Gasteiger partial charge is 0.507 e. The second kappa shape index (κ2) is 4.16. The van der Waals surface area contributed by atoms with E-state index in [0.29, 0.717) is 11.5 Å². The lowest BCUT2D eigenvalue weighted by Gasteiger charge is -2.29. The van der Waals surface area contributed by atoms with Gasteiger partial charge in [0.05, 0.1) is 0 Å². The van der Waals surface area contributed by atoms with Crippen LogP contribution in [0.1, 0.15) is 30.4 Å². The Labute approximate surface area is 106 Å². The van der Waals surface area contributed by atoms with Crippen molar-refractivity contribution in [3.05, 3.63) is 41.2 Å². The smallest absolute Gasteiger partial charge is 0.343 e. The van der Waals surface area contributed by atoms with E-state index in [1.165, 1.54) is 0 Å². The van der Waals surface area contributed by atoms with Crippen LogP contribution < -0.4 is 0 Å². The highest BCUT2D eigenvalue weighted by atomic mass is 16.6. The summed E-state index contributed by atoms with van der Waals surface area (Å²) in [5, 5.41) is 10.2. The Morgan fingerprint density at radius 1 is 1.22 bits per heavy atom. The van der Waals surface area contributed by atoms with E-state index in [1.807, 2.05) is 31.2 Å². The van der Waals surface area contributed by atoms with Crippen LogP contribution in [-0.4, -0.2) is 17.2 Å². The third-order valence-electron chi connectivity index (χ3n) is 3.88. The van der Waals surface area contributed by atoms with Crippen LogP contribution in [0.2, 0.25) is 0 Å². The summed E-state index contributed by atoms with van der Waals surface area (Å²) in [6, 6.07) is 7.57. The number of carbonyl (C=O) groups is 1. The Morgan fingerprint density at radius 2 is 1.89 bits per heavy atom. The average Bonchev–Trinajstić information content (AvgIpc) is 2.55. The molecule has 3 rings (SSSR count). The standard InChI is InChI=1S/C15H16O3/c1-9-5-7-10(8-6-9)12-13(16)14(18-15(12)17)11-3-2-4-11/h5-8,11,14,16H,2-4H2,1H3. The minimum atomic E-state index is -0.414. The first kappa shape index (κ1) is 11.3. The molecule has 18 heavy (non-hydrogen) atoms. The number of hydrogen-bond donors (Lipinski definition) is 1. The van der Waals surface area contributed by atoms with Crippen molar-refractivity contribution in [2.45, 2.75) is 32.3 Å². The van der Waals surface area contributed by atoms with Gasteiger partial charge in [-0.15, -0.1) is 0 Å². The number of aliphatic hydroxyl groups excluding tert-OH is 1. The van der Waals surface area contributed by atoms with Gasteiger partial charge in [0.2, 0.25) is 0 Å². The molecule has 1 aliphatic carbocycles. The van der Waals surface area contributed by atoms with Gasteiger partial charge in [-0.3, -0.25) is 0 Å². The van der Waals surface area contributed by atoms with E-state index in [4.69, 9.17) is 4.74 Å². The normalized spacial score (nSPS) is 24.1. The number of rotatable bonds is 2. The number of carbonyl (C=O) groups excluding carboxylic acids is 1. The molecule has 1 atom stereocenters. The summed E-state index contributed by atoms with van der Waals surface area (Å²) in [4.78, 5) is 11.9. The molecule has 1 saturated carbocycles. The maximum absolute atomic E-state index is 11.9. The van der Waals surface area contributed by atoms with Crippen molar-refractivity contribution in [2.75, 3.05) is 0 Å². The van der Waals surface area contributed by atoms with Gasteiger partial charge in [-0.1, -0.05) is 36.2 Å². The Hall–Kier alpha value is -1.77. The Balaban J connectivity index is 1.95. The molecule has 0 spiro atoms. The van der Waals surface area contributed by atoms with Crippen molar-refractivity contribution in [1.29, 1.82) is 0 Å². The SMILES string of the molecule is Cc1ccc(C2=C(O)C(C3CCC3)OC2=O)cc1. The van der Waals surface area contributed by atoms with Crippen molar-refractivity contribution in [3.8, 4) is 0 Å². The molecule has 0 bridgehead atoms. The van der Waals surface area contributed by atoms with Gasteiger partial charge >= 0.3 is 5.97 Å². The van der Waals surface area contributed by atoms with Gasteiger partial charge in [0.25, 0.3) is 0 Å². The number of hydrogen-bond acceptors (Lipinski definition) is 3. The molecule has 1 unspecified atom stereocenters. The molecule has 1 heterocycles. The van der Waals surface area contributed by atoms with E-state index in [2.05, 4.69) is 0 Å². The fraction of sp³-hybridized carbons (Fsp3) is 0.400. The Morgan fingerprint density at radius 3 is 2.44 bits per heavy atom. The highest BCUT2D eigenvalue weighted by Crippen LogP contribution is 2.40. The number of aryl methyl sites for hydroxylation is 1. The van der Waals surface area contributed by atoms with E-state index in [-0.39, 0.29) is 5.76 Å². The summed E-state index contributed by atoms with van der Waals surface area (Å²) < 4.78 is 5.31. The first-order chi connectivity index (χ1) is 8.66. The predicted octanol–water partition coefficient (Wildman–Crippen LogP) is 2.99. The van der Waals surface area contributed by atoms with Gasteiger partial charge in [-0.2, -0.15) is 0 Å². The van der Waals surface area contributed by atoms with Gasteiger partial charge in [0, 0.05) is 5.92 Å². The monoisotopic (exact) mass is 244 g/mol. The molecule has 0 saturated heterocycles. The van der Waals surface area contributed by atoms with Crippen LogP contribution in [0.15, 0.2) is 30.0 Å². The van der Waals surface area contributed by atoms with Crippen LogP contribution in [-0.2, 0) is 9.53 Å². The number of cyclic esters (lactones) is 1. The zero-order valence-corrected chi connectivity index (χ0v) is 10.3. The topological polar surface area (TPSA) is 46.5 Å². The average molecular weight is 244 g/mol. The Bertz CT molecular complexity index is 509. The van der Waals surface area contributed by atoms with Crippen molar-refractivity contribution in [3.63, 3.8) is 0 Å². The summed E-state index contributed by atoms with van der Waals surface area (Å²) in [6.07, 6.45) is 2.81. The van der Waals surface area contributed by atoms with Crippen molar-refractivity contribution >= 4 is 11.5 Å². The molecule has 0 amide bonds. The summed E-state index contributed by atoms with van der Waals surface area (Å²) in [5.41, 5.74) is 2.21. The predicted molar refractivity (Wildman–Crippen MR) is 67.9 cm³/mol. The lowest BCUT2D eigenvalue weighted by atomic mass is 9.80. The van der Waals surface area contributed by atoms with Gasteiger partial charge < -0.3 is 9.84 Å². The third-order valence-corrected chi connectivity index (χ3v) is 3.88. The van der Waals surface area contributed by atoms with E-state index < -0.39 is 12.1 Å². The maximum atomic E-state index is 11.9. The van der Waals surface area contributed by atoms with Crippen LogP contribution in [0.25, 0.3) is 5.57 Å². The van der Waals surface area contributed by atoms with Crippen LogP contribution in [0.3, 0.4) is 0 Å². The van der Waals surface area contributed by atoms with E-state index in [9.17, 15) is 9.90 Å². The van der Waals surface area contributed by atoms with Gasteiger partial charge in [-0.05, 0) is 25.3 Å². The molecule has 3 heteroatoms. The van der Waals surface area contributed by atoms with Crippen molar-refractivity contribution in [2.24, 2.45) is 5.92 Å². The minimum Gasteiger partial charge on any atom is -0.507 e. The summed E-state index contributed by atoms with van der Waals surface area (Å²) in [6.45, 7) is 1.99. The number of esters is 1. The molecular weight excluding hydrogens is 228 g/mol. The first-order valence-corrected chi connectivity index (χ1v) is 6.38. The summed E-state index contributed by atoms with van der Waals surface area (Å²) in [7, 11) is 0. The lowest BCUT2D eigenvalue weighted by Crippen LogP contribution is -2.28. The zero-order valence-electron chi connectivity index (χ0n) is 10.3. The summed E-state index contributed by atoms with van der Waals surface area (Å²) >= 11 is 0. The Kier molecular flexibility index (Phi) is 2.62. The maximum Gasteiger partial charge on any atom is 0.343 e. The molecule has 94 valence electrons. The van der Waals surface area contributed by atoms with Gasteiger partial charge in [0.15, 0.2) is 6.10 Å². The second-order valence-electron chi connectivity index (χ2n) is 5.14.